The SMILES string of the molecule is N[C@@H](Cc1ccc(C(=O)C2CNCCO2)cc1)C(=O)N[C@@H](C=CS(=O)(=O)c1ccccc1)COCc1ccccc1. The topological polar surface area (TPSA) is 137 Å². The predicted molar refractivity (Wildman–Crippen MR) is 156 cm³/mol. The second-order valence-corrected chi connectivity index (χ2v) is 11.6. The summed E-state index contributed by atoms with van der Waals surface area (Å²) in [6, 6.07) is 22.9. The number of morpholine rings is 1. The molecule has 0 bridgehead atoms. The van der Waals surface area contributed by atoms with Gasteiger partial charge in [0.1, 0.15) is 6.10 Å². The van der Waals surface area contributed by atoms with Crippen molar-refractivity contribution in [2.75, 3.05) is 26.3 Å². The first kappa shape index (κ1) is 30.3. The summed E-state index contributed by atoms with van der Waals surface area (Å²) < 4.78 is 36.9. The van der Waals surface area contributed by atoms with Crippen molar-refractivity contribution >= 4 is 21.5 Å². The highest BCUT2D eigenvalue weighted by molar-refractivity contribution is 7.94. The van der Waals surface area contributed by atoms with E-state index in [0.717, 1.165) is 23.1 Å². The maximum Gasteiger partial charge on any atom is 0.237 e. The molecule has 216 valence electrons. The third-order valence-corrected chi connectivity index (χ3v) is 7.99. The molecule has 1 amide bonds. The Morgan fingerprint density at radius 1 is 1.00 bits per heavy atom. The van der Waals surface area contributed by atoms with Crippen LogP contribution >= 0.6 is 0 Å². The van der Waals surface area contributed by atoms with E-state index in [-0.39, 0.29) is 23.7 Å². The summed E-state index contributed by atoms with van der Waals surface area (Å²) in [7, 11) is -3.72. The van der Waals surface area contributed by atoms with Crippen molar-refractivity contribution < 1.29 is 27.5 Å². The molecule has 1 saturated heterocycles. The molecule has 1 aliphatic heterocycles. The molecular weight excluding hydrogens is 542 g/mol. The predicted octanol–water partition coefficient (Wildman–Crippen LogP) is 2.42. The van der Waals surface area contributed by atoms with Gasteiger partial charge in [0, 0.05) is 24.1 Å². The van der Waals surface area contributed by atoms with Gasteiger partial charge in [-0.2, -0.15) is 0 Å². The zero-order valence-electron chi connectivity index (χ0n) is 22.6. The van der Waals surface area contributed by atoms with E-state index in [9.17, 15) is 18.0 Å². The van der Waals surface area contributed by atoms with Crippen molar-refractivity contribution in [1.82, 2.24) is 10.6 Å². The largest absolute Gasteiger partial charge is 0.374 e. The minimum atomic E-state index is -3.72. The number of amides is 1. The minimum absolute atomic E-state index is 0.0447. The fourth-order valence-electron chi connectivity index (χ4n) is 4.27. The highest BCUT2D eigenvalue weighted by Crippen LogP contribution is 2.13. The molecule has 1 unspecified atom stereocenters. The molecule has 1 aliphatic rings. The molecule has 1 fully saturated rings. The van der Waals surface area contributed by atoms with Gasteiger partial charge < -0.3 is 25.8 Å². The van der Waals surface area contributed by atoms with E-state index >= 15 is 0 Å². The van der Waals surface area contributed by atoms with Crippen LogP contribution in [0.3, 0.4) is 0 Å². The number of carbonyl (C=O) groups excluding carboxylic acids is 2. The number of nitrogens with one attached hydrogen (secondary N) is 2. The van der Waals surface area contributed by atoms with Crippen LogP contribution in [0.2, 0.25) is 0 Å². The van der Waals surface area contributed by atoms with Crippen molar-refractivity contribution in [3.8, 4) is 0 Å². The van der Waals surface area contributed by atoms with E-state index in [0.29, 0.717) is 25.3 Å². The summed E-state index contributed by atoms with van der Waals surface area (Å²) in [6.07, 6.45) is 1.12. The third-order valence-electron chi connectivity index (χ3n) is 6.55. The Kier molecular flexibility index (Phi) is 10.9. The molecule has 3 aromatic carbocycles. The quantitative estimate of drug-likeness (QED) is 0.264. The average Bonchev–Trinajstić information content (AvgIpc) is 3.01. The summed E-state index contributed by atoms with van der Waals surface area (Å²) in [4.78, 5) is 25.8. The van der Waals surface area contributed by atoms with Crippen molar-refractivity contribution in [1.29, 1.82) is 0 Å². The molecule has 0 saturated carbocycles. The molecule has 3 aromatic rings. The lowest BCUT2D eigenvalue weighted by Crippen LogP contribution is -2.47. The molecule has 3 atom stereocenters. The highest BCUT2D eigenvalue weighted by Gasteiger charge is 2.23. The monoisotopic (exact) mass is 577 g/mol. The molecule has 41 heavy (non-hydrogen) atoms. The number of carbonyl (C=O) groups is 2. The van der Waals surface area contributed by atoms with Gasteiger partial charge in [-0.25, -0.2) is 8.42 Å². The number of hydrogen-bond acceptors (Lipinski definition) is 8. The Morgan fingerprint density at radius 2 is 1.68 bits per heavy atom. The van der Waals surface area contributed by atoms with E-state index in [1.165, 1.54) is 18.2 Å². The first-order valence-electron chi connectivity index (χ1n) is 13.4. The van der Waals surface area contributed by atoms with Gasteiger partial charge in [0.2, 0.25) is 5.91 Å². The van der Waals surface area contributed by atoms with Crippen molar-refractivity contribution in [2.45, 2.75) is 36.1 Å². The van der Waals surface area contributed by atoms with Crippen LogP contribution in [0.15, 0.2) is 101 Å². The van der Waals surface area contributed by atoms with Crippen LogP contribution in [0, 0.1) is 0 Å². The molecule has 1 heterocycles. The van der Waals surface area contributed by atoms with Crippen LogP contribution in [0.25, 0.3) is 0 Å². The summed E-state index contributed by atoms with van der Waals surface area (Å²) >= 11 is 0. The van der Waals surface area contributed by atoms with E-state index in [2.05, 4.69) is 10.6 Å². The Morgan fingerprint density at radius 3 is 2.34 bits per heavy atom. The molecule has 4 rings (SSSR count). The van der Waals surface area contributed by atoms with E-state index < -0.39 is 33.9 Å². The fourth-order valence-corrected chi connectivity index (χ4v) is 5.36. The Hall–Kier alpha value is -3.67. The Bertz CT molecular complexity index is 1410. The van der Waals surface area contributed by atoms with E-state index in [4.69, 9.17) is 15.2 Å². The number of Topliss-reactive ketones (excluding diaryl/α,β-unsaturated/α-hetero) is 1. The number of rotatable bonds is 13. The molecule has 4 N–H and O–H groups in total. The van der Waals surface area contributed by atoms with Gasteiger partial charge in [0.25, 0.3) is 0 Å². The lowest BCUT2D eigenvalue weighted by molar-refractivity contribution is -0.123. The Balaban J connectivity index is 1.38. The first-order chi connectivity index (χ1) is 19.8. The van der Waals surface area contributed by atoms with Crippen LogP contribution < -0.4 is 16.4 Å². The van der Waals surface area contributed by atoms with Crippen molar-refractivity contribution in [2.24, 2.45) is 5.73 Å². The maximum atomic E-state index is 13.0. The number of nitrogens with two attached hydrogens (primary N) is 1. The number of ether oxygens (including phenoxy) is 2. The van der Waals surface area contributed by atoms with E-state index in [1.54, 1.807) is 42.5 Å². The van der Waals surface area contributed by atoms with Gasteiger partial charge in [-0.15, -0.1) is 0 Å². The number of sulfone groups is 1. The average molecular weight is 578 g/mol. The van der Waals surface area contributed by atoms with Gasteiger partial charge in [0.05, 0.1) is 36.8 Å². The summed E-state index contributed by atoms with van der Waals surface area (Å²) in [5.41, 5.74) is 8.47. The second kappa shape index (κ2) is 14.8. The van der Waals surface area contributed by atoms with Crippen LogP contribution in [0.1, 0.15) is 21.5 Å². The zero-order valence-corrected chi connectivity index (χ0v) is 23.5. The lowest BCUT2D eigenvalue weighted by Gasteiger charge is -2.22. The van der Waals surface area contributed by atoms with Gasteiger partial charge in [-0.05, 0) is 35.8 Å². The van der Waals surface area contributed by atoms with Crippen LogP contribution in [-0.2, 0) is 37.1 Å². The number of hydrogen-bond donors (Lipinski definition) is 3. The van der Waals surface area contributed by atoms with Crippen LogP contribution in [-0.4, -0.2) is 64.6 Å². The van der Waals surface area contributed by atoms with Gasteiger partial charge in [0.15, 0.2) is 15.6 Å². The van der Waals surface area contributed by atoms with E-state index in [1.807, 2.05) is 30.3 Å². The third kappa shape index (κ3) is 9.17. The molecule has 10 heteroatoms. The normalized spacial score (nSPS) is 17.1. The van der Waals surface area contributed by atoms with Gasteiger partial charge in [-0.3, -0.25) is 9.59 Å². The van der Waals surface area contributed by atoms with Crippen molar-refractivity contribution in [3.05, 3.63) is 113 Å². The minimum Gasteiger partial charge on any atom is -0.374 e. The van der Waals surface area contributed by atoms with Gasteiger partial charge in [-0.1, -0.05) is 72.8 Å². The summed E-state index contributed by atoms with van der Waals surface area (Å²) in [5, 5.41) is 7.02. The molecule has 0 spiro atoms. The molecule has 0 radical (unpaired) electrons. The van der Waals surface area contributed by atoms with Crippen molar-refractivity contribution in [3.63, 3.8) is 0 Å². The maximum absolute atomic E-state index is 13.0. The summed E-state index contributed by atoms with van der Waals surface area (Å²) in [6.45, 7) is 2.03. The molecule has 0 aliphatic carbocycles. The summed E-state index contributed by atoms with van der Waals surface area (Å²) in [5.74, 6) is -0.553. The van der Waals surface area contributed by atoms with Gasteiger partial charge >= 0.3 is 0 Å². The van der Waals surface area contributed by atoms with Crippen LogP contribution in [0.4, 0.5) is 0 Å². The number of benzene rings is 3. The Labute approximate surface area is 240 Å². The molecule has 0 aromatic heterocycles. The standard InChI is InChI=1S/C31H35N3O6S/c32-28(19-23-11-13-25(14-12-23)30(35)29-20-33-16-17-40-29)31(36)34-26(22-39-21-24-7-3-1-4-8-24)15-18-41(37,38)27-9-5-2-6-10-27/h1-15,18,26,28-29,33H,16-17,19-22,32H2,(H,34,36)/t26-,28-,29?/m0/s1. The highest BCUT2D eigenvalue weighted by atomic mass is 32.2. The zero-order chi connectivity index (χ0) is 29.1. The first-order valence-corrected chi connectivity index (χ1v) is 15.0. The molecular formula is C31H35N3O6S. The molecule has 9 nitrogen and oxygen atoms in total. The number of ketones is 1. The second-order valence-electron chi connectivity index (χ2n) is 9.74. The lowest BCUT2D eigenvalue weighted by atomic mass is 10.0. The fraction of sp³-hybridized carbons (Fsp3) is 0.290. The smallest absolute Gasteiger partial charge is 0.237 e. The van der Waals surface area contributed by atoms with Crippen LogP contribution in [0.5, 0.6) is 0 Å².